The molecule has 1 atom stereocenters. The smallest absolute Gasteiger partial charge is 0.258 e. The van der Waals surface area contributed by atoms with Crippen LogP contribution in [-0.4, -0.2) is 37.6 Å². The van der Waals surface area contributed by atoms with Crippen LogP contribution in [-0.2, 0) is 9.59 Å². The van der Waals surface area contributed by atoms with E-state index in [1.54, 1.807) is 18.2 Å². The molecule has 0 aliphatic heterocycles. The molecular weight excluding hydrogens is 322 g/mol. The second-order valence-corrected chi connectivity index (χ2v) is 6.72. The molecule has 2 amide bonds. The van der Waals surface area contributed by atoms with Crippen molar-refractivity contribution < 1.29 is 19.1 Å². The lowest BCUT2D eigenvalue weighted by Gasteiger charge is -2.16. The molecule has 0 aromatic heterocycles. The standard InChI is InChI=1S/C18H27N3O4/c1-11(2)8-14(19)18(23)21-13-6-7-15(24-3)16(9-13)25-10-17(22)20-12-4-5-12/h6-7,9,11-12,14H,4-5,8,10,19H2,1-3H3,(H,20,22)(H,21,23)/t14-/m0/s1. The molecule has 0 spiro atoms. The number of carbonyl (C=O) groups is 2. The van der Waals surface area contributed by atoms with Gasteiger partial charge in [-0.25, -0.2) is 0 Å². The Hall–Kier alpha value is -2.28. The van der Waals surface area contributed by atoms with Crippen molar-refractivity contribution in [2.75, 3.05) is 19.0 Å². The summed E-state index contributed by atoms with van der Waals surface area (Å²) in [5.41, 5.74) is 6.43. The minimum absolute atomic E-state index is 0.100. The van der Waals surface area contributed by atoms with Crippen LogP contribution in [0.15, 0.2) is 18.2 Å². The molecule has 1 aliphatic rings. The average Bonchev–Trinajstić information content (AvgIpc) is 3.36. The van der Waals surface area contributed by atoms with Crippen molar-refractivity contribution in [1.82, 2.24) is 5.32 Å². The van der Waals surface area contributed by atoms with Gasteiger partial charge < -0.3 is 25.8 Å². The number of ether oxygens (including phenoxy) is 2. The number of anilines is 1. The van der Waals surface area contributed by atoms with Gasteiger partial charge in [0.05, 0.1) is 13.2 Å². The van der Waals surface area contributed by atoms with Crippen molar-refractivity contribution in [3.8, 4) is 11.5 Å². The summed E-state index contributed by atoms with van der Waals surface area (Å²) in [6.45, 7) is 3.93. The van der Waals surface area contributed by atoms with Crippen LogP contribution in [0.3, 0.4) is 0 Å². The molecule has 1 aromatic rings. The largest absolute Gasteiger partial charge is 0.493 e. The van der Waals surface area contributed by atoms with Crippen LogP contribution in [0.1, 0.15) is 33.1 Å². The average molecular weight is 349 g/mol. The number of amides is 2. The molecule has 4 N–H and O–H groups in total. The van der Waals surface area contributed by atoms with Crippen molar-refractivity contribution in [1.29, 1.82) is 0 Å². The highest BCUT2D eigenvalue weighted by atomic mass is 16.5. The molecule has 0 radical (unpaired) electrons. The van der Waals surface area contributed by atoms with E-state index in [4.69, 9.17) is 15.2 Å². The van der Waals surface area contributed by atoms with Gasteiger partial charge in [-0.05, 0) is 37.3 Å². The van der Waals surface area contributed by atoms with Crippen molar-refractivity contribution in [2.45, 2.75) is 45.2 Å². The molecule has 7 heteroatoms. The zero-order valence-electron chi connectivity index (χ0n) is 15.0. The molecule has 0 heterocycles. The lowest BCUT2D eigenvalue weighted by Crippen LogP contribution is -2.36. The van der Waals surface area contributed by atoms with Gasteiger partial charge >= 0.3 is 0 Å². The Balaban J connectivity index is 1.97. The Morgan fingerprint density at radius 1 is 1.28 bits per heavy atom. The number of carbonyl (C=O) groups excluding carboxylic acids is 2. The number of hydrogen-bond donors (Lipinski definition) is 3. The zero-order valence-corrected chi connectivity index (χ0v) is 15.0. The van der Waals surface area contributed by atoms with E-state index in [1.807, 2.05) is 13.8 Å². The number of nitrogens with two attached hydrogens (primary N) is 1. The van der Waals surface area contributed by atoms with Gasteiger partial charge in [0.25, 0.3) is 5.91 Å². The van der Waals surface area contributed by atoms with Crippen molar-refractivity contribution >= 4 is 17.5 Å². The first-order valence-electron chi connectivity index (χ1n) is 8.55. The lowest BCUT2D eigenvalue weighted by molar-refractivity contribution is -0.123. The van der Waals surface area contributed by atoms with Crippen LogP contribution in [0.5, 0.6) is 11.5 Å². The fraction of sp³-hybridized carbons (Fsp3) is 0.556. The number of rotatable bonds is 9. The van der Waals surface area contributed by atoms with Crippen LogP contribution in [0.2, 0.25) is 0 Å². The van der Waals surface area contributed by atoms with E-state index < -0.39 is 6.04 Å². The van der Waals surface area contributed by atoms with Crippen LogP contribution in [0.4, 0.5) is 5.69 Å². The first-order chi connectivity index (χ1) is 11.9. The van der Waals surface area contributed by atoms with Gasteiger partial charge in [0.15, 0.2) is 18.1 Å². The van der Waals surface area contributed by atoms with Gasteiger partial charge in [-0.15, -0.1) is 0 Å². The fourth-order valence-corrected chi connectivity index (χ4v) is 2.36. The molecular formula is C18H27N3O4. The molecule has 7 nitrogen and oxygen atoms in total. The van der Waals surface area contributed by atoms with E-state index in [0.29, 0.717) is 29.5 Å². The molecule has 2 rings (SSSR count). The molecule has 0 saturated heterocycles. The maximum atomic E-state index is 12.1. The molecule has 1 saturated carbocycles. The lowest BCUT2D eigenvalue weighted by atomic mass is 10.0. The van der Waals surface area contributed by atoms with Crippen LogP contribution >= 0.6 is 0 Å². The predicted octanol–water partition coefficient (Wildman–Crippen LogP) is 1.66. The quantitative estimate of drug-likeness (QED) is 0.629. The SMILES string of the molecule is COc1ccc(NC(=O)[C@@H](N)CC(C)C)cc1OCC(=O)NC1CC1. The van der Waals surface area contributed by atoms with E-state index >= 15 is 0 Å². The highest BCUT2D eigenvalue weighted by molar-refractivity contribution is 5.95. The molecule has 0 unspecified atom stereocenters. The Morgan fingerprint density at radius 3 is 2.60 bits per heavy atom. The number of methoxy groups -OCH3 is 1. The predicted molar refractivity (Wildman–Crippen MR) is 95.7 cm³/mol. The second-order valence-electron chi connectivity index (χ2n) is 6.72. The fourth-order valence-electron chi connectivity index (χ4n) is 2.36. The van der Waals surface area contributed by atoms with E-state index in [1.165, 1.54) is 7.11 Å². The van der Waals surface area contributed by atoms with Crippen LogP contribution in [0.25, 0.3) is 0 Å². The highest BCUT2D eigenvalue weighted by Crippen LogP contribution is 2.30. The molecule has 1 fully saturated rings. The van der Waals surface area contributed by atoms with Gasteiger partial charge in [-0.1, -0.05) is 13.8 Å². The van der Waals surface area contributed by atoms with Gasteiger partial charge in [0, 0.05) is 17.8 Å². The highest BCUT2D eigenvalue weighted by Gasteiger charge is 2.23. The van der Waals surface area contributed by atoms with E-state index in [9.17, 15) is 9.59 Å². The van der Waals surface area contributed by atoms with Crippen LogP contribution in [0, 0.1) is 5.92 Å². The summed E-state index contributed by atoms with van der Waals surface area (Å²) in [6.07, 6.45) is 2.65. The van der Waals surface area contributed by atoms with E-state index in [0.717, 1.165) is 12.8 Å². The van der Waals surface area contributed by atoms with E-state index in [-0.39, 0.29) is 24.5 Å². The number of hydrogen-bond acceptors (Lipinski definition) is 5. The summed E-state index contributed by atoms with van der Waals surface area (Å²) in [4.78, 5) is 23.9. The van der Waals surface area contributed by atoms with Gasteiger partial charge in [0.2, 0.25) is 5.91 Å². The Labute approximate surface area is 148 Å². The first kappa shape index (κ1) is 19.1. The van der Waals surface area contributed by atoms with E-state index in [2.05, 4.69) is 10.6 Å². The summed E-state index contributed by atoms with van der Waals surface area (Å²) in [5, 5.41) is 5.62. The molecule has 138 valence electrons. The molecule has 1 aromatic carbocycles. The number of nitrogens with one attached hydrogen (secondary N) is 2. The Kier molecular flexibility index (Phi) is 6.64. The summed E-state index contributed by atoms with van der Waals surface area (Å²) < 4.78 is 10.8. The minimum atomic E-state index is -0.573. The summed E-state index contributed by atoms with van der Waals surface area (Å²) in [5.74, 6) is 0.794. The normalized spacial score (nSPS) is 14.8. The maximum Gasteiger partial charge on any atom is 0.258 e. The molecule has 25 heavy (non-hydrogen) atoms. The Bertz CT molecular complexity index is 614. The summed E-state index contributed by atoms with van der Waals surface area (Å²) >= 11 is 0. The van der Waals surface area contributed by atoms with Crippen molar-refractivity contribution in [2.24, 2.45) is 11.7 Å². The monoisotopic (exact) mass is 349 g/mol. The second kappa shape index (κ2) is 8.71. The molecule has 0 bridgehead atoms. The van der Waals surface area contributed by atoms with Crippen molar-refractivity contribution in [3.05, 3.63) is 18.2 Å². The van der Waals surface area contributed by atoms with Gasteiger partial charge in [-0.3, -0.25) is 9.59 Å². The van der Waals surface area contributed by atoms with Gasteiger partial charge in [0.1, 0.15) is 0 Å². The third-order valence-corrected chi connectivity index (χ3v) is 3.79. The topological polar surface area (TPSA) is 103 Å². The van der Waals surface area contributed by atoms with Gasteiger partial charge in [-0.2, -0.15) is 0 Å². The molecule has 1 aliphatic carbocycles. The third-order valence-electron chi connectivity index (χ3n) is 3.79. The Morgan fingerprint density at radius 2 is 2.00 bits per heavy atom. The number of benzene rings is 1. The third kappa shape index (κ3) is 6.26. The van der Waals surface area contributed by atoms with Crippen molar-refractivity contribution in [3.63, 3.8) is 0 Å². The maximum absolute atomic E-state index is 12.1. The van der Waals surface area contributed by atoms with Crippen LogP contribution < -0.4 is 25.8 Å². The summed E-state index contributed by atoms with van der Waals surface area (Å²) in [6, 6.07) is 4.72. The summed E-state index contributed by atoms with van der Waals surface area (Å²) in [7, 11) is 1.52. The zero-order chi connectivity index (χ0) is 18.4. The minimum Gasteiger partial charge on any atom is -0.493 e. The first-order valence-corrected chi connectivity index (χ1v) is 8.55.